The maximum atomic E-state index is 12.7. The number of benzene rings is 1. The van der Waals surface area contributed by atoms with Crippen LogP contribution in [0.5, 0.6) is 0 Å². The Labute approximate surface area is 142 Å². The van der Waals surface area contributed by atoms with E-state index in [1.807, 2.05) is 4.90 Å². The molecule has 0 N–H and O–H groups in total. The molecule has 1 heterocycles. The largest absolute Gasteiger partial charge is 0.348 e. The van der Waals surface area contributed by atoms with Gasteiger partial charge >= 0.3 is 0 Å². The smallest absolute Gasteiger partial charge is 0.243 e. The van der Waals surface area contributed by atoms with Gasteiger partial charge in [-0.15, -0.1) is 0 Å². The molecular formula is C15H22ClN3O3S. The van der Waals surface area contributed by atoms with Crippen molar-refractivity contribution < 1.29 is 13.2 Å². The standard InChI is InChI=1S/C15H22ClN3O3S/c1-17(2)15(20)12-18-7-4-8-19(10-9-18)23(21,22)14-6-3-5-13(16)11-14/h3,5-6,11H,4,7-10,12H2,1-2H3. The van der Waals surface area contributed by atoms with Gasteiger partial charge in [0.15, 0.2) is 0 Å². The topological polar surface area (TPSA) is 60.9 Å². The lowest BCUT2D eigenvalue weighted by atomic mass is 10.4. The first kappa shape index (κ1) is 18.2. The summed E-state index contributed by atoms with van der Waals surface area (Å²) in [4.78, 5) is 15.6. The van der Waals surface area contributed by atoms with E-state index in [1.54, 1.807) is 37.2 Å². The predicted octanol–water partition coefficient (Wildman–Crippen LogP) is 1.12. The van der Waals surface area contributed by atoms with E-state index in [0.29, 0.717) is 44.2 Å². The zero-order chi connectivity index (χ0) is 17.0. The van der Waals surface area contributed by atoms with Crippen LogP contribution in [0.1, 0.15) is 6.42 Å². The molecule has 1 saturated heterocycles. The predicted molar refractivity (Wildman–Crippen MR) is 90.0 cm³/mol. The van der Waals surface area contributed by atoms with Crippen molar-refractivity contribution in [3.8, 4) is 0 Å². The third-order valence-corrected chi connectivity index (χ3v) is 5.97. The molecule has 1 fully saturated rings. The Hall–Kier alpha value is -1.15. The van der Waals surface area contributed by atoms with Gasteiger partial charge in [-0.1, -0.05) is 17.7 Å². The number of halogens is 1. The molecule has 0 bridgehead atoms. The number of hydrogen-bond acceptors (Lipinski definition) is 4. The Kier molecular flexibility index (Phi) is 6.02. The third-order valence-electron chi connectivity index (χ3n) is 3.84. The van der Waals surface area contributed by atoms with E-state index >= 15 is 0 Å². The van der Waals surface area contributed by atoms with Gasteiger partial charge < -0.3 is 4.90 Å². The molecule has 0 aromatic heterocycles. The molecule has 1 aromatic carbocycles. The van der Waals surface area contributed by atoms with Crippen LogP contribution < -0.4 is 0 Å². The van der Waals surface area contributed by atoms with Gasteiger partial charge in [0.25, 0.3) is 0 Å². The van der Waals surface area contributed by atoms with Crippen molar-refractivity contribution in [2.75, 3.05) is 46.8 Å². The lowest BCUT2D eigenvalue weighted by Crippen LogP contribution is -2.39. The van der Waals surface area contributed by atoms with Crippen LogP contribution in [0.2, 0.25) is 5.02 Å². The number of carbonyl (C=O) groups is 1. The van der Waals surface area contributed by atoms with Gasteiger partial charge in [-0.25, -0.2) is 8.42 Å². The van der Waals surface area contributed by atoms with Crippen molar-refractivity contribution in [3.63, 3.8) is 0 Å². The van der Waals surface area contributed by atoms with E-state index in [-0.39, 0.29) is 10.8 Å². The van der Waals surface area contributed by atoms with Gasteiger partial charge in [0, 0.05) is 38.8 Å². The molecule has 6 nitrogen and oxygen atoms in total. The number of amides is 1. The summed E-state index contributed by atoms with van der Waals surface area (Å²) in [5.41, 5.74) is 0. The molecule has 0 atom stereocenters. The number of nitrogens with zero attached hydrogens (tertiary/aromatic N) is 3. The summed E-state index contributed by atoms with van der Waals surface area (Å²) in [5, 5.41) is 0.402. The second-order valence-electron chi connectivity index (χ2n) is 5.78. The maximum Gasteiger partial charge on any atom is 0.243 e. The Morgan fingerprint density at radius 3 is 2.61 bits per heavy atom. The molecule has 2 rings (SSSR count). The summed E-state index contributed by atoms with van der Waals surface area (Å²) in [5.74, 6) is 0.0242. The summed E-state index contributed by atoms with van der Waals surface area (Å²) in [6.45, 7) is 2.38. The van der Waals surface area contributed by atoms with Crippen molar-refractivity contribution in [1.82, 2.24) is 14.1 Å². The van der Waals surface area contributed by atoms with Gasteiger partial charge in [-0.05, 0) is 31.2 Å². The molecule has 8 heteroatoms. The van der Waals surface area contributed by atoms with Crippen molar-refractivity contribution in [2.45, 2.75) is 11.3 Å². The summed E-state index contributed by atoms with van der Waals surface area (Å²) in [6.07, 6.45) is 0.695. The van der Waals surface area contributed by atoms with E-state index in [4.69, 9.17) is 11.6 Å². The number of hydrogen-bond donors (Lipinski definition) is 0. The van der Waals surface area contributed by atoms with Gasteiger partial charge in [-0.3, -0.25) is 9.69 Å². The number of likely N-dealkylation sites (N-methyl/N-ethyl adjacent to an activating group) is 1. The average molecular weight is 360 g/mol. The van der Waals surface area contributed by atoms with E-state index in [9.17, 15) is 13.2 Å². The minimum atomic E-state index is -3.55. The first-order valence-corrected chi connectivity index (χ1v) is 9.31. The van der Waals surface area contributed by atoms with Crippen LogP contribution in [0.3, 0.4) is 0 Å². The van der Waals surface area contributed by atoms with Crippen LogP contribution in [-0.4, -0.2) is 75.2 Å². The third kappa shape index (κ3) is 4.67. The molecule has 0 radical (unpaired) electrons. The Bertz CT molecular complexity index is 664. The summed E-state index contributed by atoms with van der Waals surface area (Å²) >= 11 is 5.90. The highest BCUT2D eigenvalue weighted by Gasteiger charge is 2.27. The molecule has 1 amide bonds. The van der Waals surface area contributed by atoms with Crippen molar-refractivity contribution in [3.05, 3.63) is 29.3 Å². The first-order valence-electron chi connectivity index (χ1n) is 7.49. The second-order valence-corrected chi connectivity index (χ2v) is 8.15. The monoisotopic (exact) mass is 359 g/mol. The minimum Gasteiger partial charge on any atom is -0.348 e. The molecule has 0 unspecified atom stereocenters. The molecular weight excluding hydrogens is 338 g/mol. The lowest BCUT2D eigenvalue weighted by molar-refractivity contribution is -0.129. The summed E-state index contributed by atoms with van der Waals surface area (Å²) in [7, 11) is -0.113. The number of sulfonamides is 1. The number of carbonyl (C=O) groups excluding carboxylic acids is 1. The first-order chi connectivity index (χ1) is 10.8. The van der Waals surface area contributed by atoms with Gasteiger partial charge in [-0.2, -0.15) is 4.31 Å². The van der Waals surface area contributed by atoms with Crippen LogP contribution in [0.25, 0.3) is 0 Å². The van der Waals surface area contributed by atoms with E-state index in [1.165, 1.54) is 10.4 Å². The fourth-order valence-electron chi connectivity index (χ4n) is 2.45. The van der Waals surface area contributed by atoms with Crippen LogP contribution in [0.15, 0.2) is 29.2 Å². The van der Waals surface area contributed by atoms with Crippen LogP contribution in [0.4, 0.5) is 0 Å². The molecule has 128 valence electrons. The average Bonchev–Trinajstić information content (AvgIpc) is 2.73. The van der Waals surface area contributed by atoms with Gasteiger partial charge in [0.1, 0.15) is 0 Å². The molecule has 0 aliphatic carbocycles. The zero-order valence-electron chi connectivity index (χ0n) is 13.4. The second kappa shape index (κ2) is 7.61. The fraction of sp³-hybridized carbons (Fsp3) is 0.533. The summed E-state index contributed by atoms with van der Waals surface area (Å²) in [6, 6.07) is 6.31. The Morgan fingerprint density at radius 2 is 1.96 bits per heavy atom. The van der Waals surface area contributed by atoms with Crippen LogP contribution in [-0.2, 0) is 14.8 Å². The maximum absolute atomic E-state index is 12.7. The molecule has 1 aliphatic rings. The molecule has 1 aliphatic heterocycles. The number of rotatable bonds is 4. The van der Waals surface area contributed by atoms with E-state index in [0.717, 1.165) is 0 Å². The van der Waals surface area contributed by atoms with Crippen molar-refractivity contribution >= 4 is 27.5 Å². The van der Waals surface area contributed by atoms with E-state index in [2.05, 4.69) is 0 Å². The SMILES string of the molecule is CN(C)C(=O)CN1CCCN(S(=O)(=O)c2cccc(Cl)c2)CC1. The Balaban J connectivity index is 2.06. The van der Waals surface area contributed by atoms with Crippen molar-refractivity contribution in [2.24, 2.45) is 0 Å². The van der Waals surface area contributed by atoms with Crippen LogP contribution in [0, 0.1) is 0 Å². The normalized spacial score (nSPS) is 17.7. The zero-order valence-corrected chi connectivity index (χ0v) is 15.0. The highest BCUT2D eigenvalue weighted by molar-refractivity contribution is 7.89. The van der Waals surface area contributed by atoms with Crippen molar-refractivity contribution in [1.29, 1.82) is 0 Å². The van der Waals surface area contributed by atoms with E-state index < -0.39 is 10.0 Å². The van der Waals surface area contributed by atoms with Crippen LogP contribution >= 0.6 is 11.6 Å². The minimum absolute atomic E-state index is 0.0242. The van der Waals surface area contributed by atoms with Gasteiger partial charge in [0.2, 0.25) is 15.9 Å². The molecule has 0 saturated carbocycles. The lowest BCUT2D eigenvalue weighted by Gasteiger charge is -2.22. The summed E-state index contributed by atoms with van der Waals surface area (Å²) < 4.78 is 26.9. The highest BCUT2D eigenvalue weighted by Crippen LogP contribution is 2.20. The fourth-order valence-corrected chi connectivity index (χ4v) is 4.23. The molecule has 0 spiro atoms. The van der Waals surface area contributed by atoms with Gasteiger partial charge in [0.05, 0.1) is 11.4 Å². The Morgan fingerprint density at radius 1 is 1.22 bits per heavy atom. The molecule has 23 heavy (non-hydrogen) atoms. The molecule has 1 aromatic rings. The quantitative estimate of drug-likeness (QED) is 0.808. The highest BCUT2D eigenvalue weighted by atomic mass is 35.5.